The Morgan fingerprint density at radius 3 is 2.75 bits per heavy atom. The SMILES string of the molecule is Cc1c(F)cccc1[C@@H]1C[C@@H]1N. The molecule has 0 heterocycles. The third kappa shape index (κ3) is 1.12. The molecule has 2 heteroatoms. The minimum Gasteiger partial charge on any atom is -0.327 e. The number of halogens is 1. The van der Waals surface area contributed by atoms with Crippen molar-refractivity contribution in [2.24, 2.45) is 5.73 Å². The molecule has 0 aromatic heterocycles. The van der Waals surface area contributed by atoms with Gasteiger partial charge in [0.15, 0.2) is 0 Å². The first kappa shape index (κ1) is 7.74. The van der Waals surface area contributed by atoms with Crippen molar-refractivity contribution in [3.63, 3.8) is 0 Å². The molecule has 2 rings (SSSR count). The highest BCUT2D eigenvalue weighted by molar-refractivity contribution is 5.35. The van der Waals surface area contributed by atoms with E-state index in [1.807, 2.05) is 13.0 Å². The molecule has 1 fully saturated rings. The minimum absolute atomic E-state index is 0.119. The maximum atomic E-state index is 13.1. The lowest BCUT2D eigenvalue weighted by Gasteiger charge is -2.04. The molecule has 0 aliphatic heterocycles. The zero-order chi connectivity index (χ0) is 8.72. The predicted octanol–water partition coefficient (Wildman–Crippen LogP) is 1.95. The summed E-state index contributed by atoms with van der Waals surface area (Å²) < 4.78 is 13.1. The molecule has 0 bridgehead atoms. The molecule has 2 atom stereocenters. The Kier molecular flexibility index (Phi) is 1.65. The van der Waals surface area contributed by atoms with Gasteiger partial charge in [-0.1, -0.05) is 12.1 Å². The highest BCUT2D eigenvalue weighted by atomic mass is 19.1. The number of hydrogen-bond acceptors (Lipinski definition) is 1. The quantitative estimate of drug-likeness (QED) is 0.676. The fourth-order valence-corrected chi connectivity index (χ4v) is 1.60. The summed E-state index contributed by atoms with van der Waals surface area (Å²) in [4.78, 5) is 0. The maximum absolute atomic E-state index is 13.1. The number of benzene rings is 1. The van der Waals surface area contributed by atoms with E-state index < -0.39 is 0 Å². The molecule has 0 amide bonds. The summed E-state index contributed by atoms with van der Waals surface area (Å²) >= 11 is 0. The normalized spacial score (nSPS) is 27.2. The van der Waals surface area contributed by atoms with Gasteiger partial charge in [0.25, 0.3) is 0 Å². The van der Waals surface area contributed by atoms with Crippen LogP contribution in [-0.2, 0) is 0 Å². The molecule has 64 valence electrons. The summed E-state index contributed by atoms with van der Waals surface area (Å²) in [6.45, 7) is 1.82. The molecule has 12 heavy (non-hydrogen) atoms. The Balaban J connectivity index is 2.38. The second-order valence-corrected chi connectivity index (χ2v) is 3.46. The first-order chi connectivity index (χ1) is 5.70. The molecule has 1 nitrogen and oxygen atoms in total. The van der Waals surface area contributed by atoms with Gasteiger partial charge in [-0.05, 0) is 30.5 Å². The maximum Gasteiger partial charge on any atom is 0.126 e. The summed E-state index contributed by atoms with van der Waals surface area (Å²) in [5.74, 6) is 0.285. The van der Waals surface area contributed by atoms with Crippen LogP contribution in [0.25, 0.3) is 0 Å². The Hall–Kier alpha value is -0.890. The topological polar surface area (TPSA) is 26.0 Å². The van der Waals surface area contributed by atoms with Crippen LogP contribution in [0.4, 0.5) is 4.39 Å². The van der Waals surface area contributed by atoms with Gasteiger partial charge in [0.2, 0.25) is 0 Å². The van der Waals surface area contributed by atoms with Crippen molar-refractivity contribution in [1.29, 1.82) is 0 Å². The molecule has 1 aromatic rings. The van der Waals surface area contributed by atoms with Crippen LogP contribution in [-0.4, -0.2) is 6.04 Å². The lowest BCUT2D eigenvalue weighted by molar-refractivity contribution is 0.615. The van der Waals surface area contributed by atoms with Crippen LogP contribution in [0.3, 0.4) is 0 Å². The smallest absolute Gasteiger partial charge is 0.126 e. The largest absolute Gasteiger partial charge is 0.327 e. The van der Waals surface area contributed by atoms with Gasteiger partial charge >= 0.3 is 0 Å². The van der Waals surface area contributed by atoms with Gasteiger partial charge in [-0.25, -0.2) is 4.39 Å². The molecule has 1 aromatic carbocycles. The van der Waals surface area contributed by atoms with E-state index >= 15 is 0 Å². The Labute approximate surface area is 71.4 Å². The van der Waals surface area contributed by atoms with E-state index in [1.54, 1.807) is 6.07 Å². The van der Waals surface area contributed by atoms with Gasteiger partial charge in [-0.3, -0.25) is 0 Å². The predicted molar refractivity (Wildman–Crippen MR) is 46.5 cm³/mol. The van der Waals surface area contributed by atoms with Gasteiger partial charge < -0.3 is 5.73 Å². The van der Waals surface area contributed by atoms with Crippen LogP contribution in [0.1, 0.15) is 23.5 Å². The van der Waals surface area contributed by atoms with Crippen LogP contribution in [0.2, 0.25) is 0 Å². The molecule has 2 N–H and O–H groups in total. The fraction of sp³-hybridized carbons (Fsp3) is 0.400. The van der Waals surface area contributed by atoms with E-state index in [0.717, 1.165) is 17.5 Å². The molecular weight excluding hydrogens is 153 g/mol. The molecule has 1 saturated carbocycles. The Morgan fingerprint density at radius 1 is 1.50 bits per heavy atom. The third-order valence-electron chi connectivity index (χ3n) is 2.55. The highest BCUT2D eigenvalue weighted by Crippen LogP contribution is 2.40. The van der Waals surface area contributed by atoms with Crippen molar-refractivity contribution < 1.29 is 4.39 Å². The van der Waals surface area contributed by atoms with Crippen molar-refractivity contribution in [2.75, 3.05) is 0 Å². The van der Waals surface area contributed by atoms with Gasteiger partial charge in [-0.2, -0.15) is 0 Å². The van der Waals surface area contributed by atoms with E-state index in [1.165, 1.54) is 6.07 Å². The van der Waals surface area contributed by atoms with E-state index in [2.05, 4.69) is 0 Å². The Bertz CT molecular complexity index is 309. The monoisotopic (exact) mass is 165 g/mol. The minimum atomic E-state index is -0.119. The van der Waals surface area contributed by atoms with Gasteiger partial charge in [0.05, 0.1) is 0 Å². The highest BCUT2D eigenvalue weighted by Gasteiger charge is 2.35. The summed E-state index contributed by atoms with van der Waals surface area (Å²) in [6, 6.07) is 5.47. The lowest BCUT2D eigenvalue weighted by atomic mass is 10.0. The summed E-state index contributed by atoms with van der Waals surface area (Å²) in [5, 5.41) is 0. The van der Waals surface area contributed by atoms with Crippen molar-refractivity contribution in [3.8, 4) is 0 Å². The molecule has 0 spiro atoms. The zero-order valence-corrected chi connectivity index (χ0v) is 7.05. The molecular formula is C10H12FN. The van der Waals surface area contributed by atoms with Crippen LogP contribution < -0.4 is 5.73 Å². The van der Waals surface area contributed by atoms with Crippen molar-refractivity contribution >= 4 is 0 Å². The van der Waals surface area contributed by atoms with Gasteiger partial charge in [0.1, 0.15) is 5.82 Å². The van der Waals surface area contributed by atoms with E-state index in [-0.39, 0.29) is 11.9 Å². The molecule has 0 radical (unpaired) electrons. The second-order valence-electron chi connectivity index (χ2n) is 3.46. The van der Waals surface area contributed by atoms with Crippen molar-refractivity contribution in [3.05, 3.63) is 35.1 Å². The molecule has 0 saturated heterocycles. The van der Waals surface area contributed by atoms with Crippen LogP contribution in [0, 0.1) is 12.7 Å². The Morgan fingerprint density at radius 2 is 2.17 bits per heavy atom. The van der Waals surface area contributed by atoms with Crippen LogP contribution >= 0.6 is 0 Å². The second kappa shape index (κ2) is 2.56. The van der Waals surface area contributed by atoms with Gasteiger partial charge in [-0.15, -0.1) is 0 Å². The first-order valence-corrected chi connectivity index (χ1v) is 4.20. The third-order valence-corrected chi connectivity index (χ3v) is 2.55. The van der Waals surface area contributed by atoms with Crippen molar-refractivity contribution in [1.82, 2.24) is 0 Å². The van der Waals surface area contributed by atoms with E-state index in [0.29, 0.717) is 5.92 Å². The molecule has 0 unspecified atom stereocenters. The van der Waals surface area contributed by atoms with Gasteiger partial charge in [0, 0.05) is 12.0 Å². The number of hydrogen-bond donors (Lipinski definition) is 1. The van der Waals surface area contributed by atoms with E-state index in [4.69, 9.17) is 5.73 Å². The van der Waals surface area contributed by atoms with Crippen LogP contribution in [0.5, 0.6) is 0 Å². The summed E-state index contributed by atoms with van der Waals surface area (Å²) in [7, 11) is 0. The number of nitrogens with two attached hydrogens (primary N) is 1. The van der Waals surface area contributed by atoms with Crippen molar-refractivity contribution in [2.45, 2.75) is 25.3 Å². The summed E-state index contributed by atoms with van der Waals surface area (Å²) in [5.41, 5.74) is 7.54. The lowest BCUT2D eigenvalue weighted by Crippen LogP contribution is -2.02. The first-order valence-electron chi connectivity index (χ1n) is 4.20. The van der Waals surface area contributed by atoms with E-state index in [9.17, 15) is 4.39 Å². The average molecular weight is 165 g/mol. The van der Waals surface area contributed by atoms with Crippen LogP contribution in [0.15, 0.2) is 18.2 Å². The fourth-order valence-electron chi connectivity index (χ4n) is 1.60. The zero-order valence-electron chi connectivity index (χ0n) is 7.05. The molecule has 1 aliphatic carbocycles. The standard InChI is InChI=1S/C10H12FN/c1-6-7(8-5-10(8)12)3-2-4-9(6)11/h2-4,8,10H,5,12H2,1H3/t8-,10-/m0/s1. The number of rotatable bonds is 1. The summed E-state index contributed by atoms with van der Waals surface area (Å²) in [6.07, 6.45) is 1.00. The average Bonchev–Trinajstić information content (AvgIpc) is 2.73. The molecule has 1 aliphatic rings.